The van der Waals surface area contributed by atoms with Crippen LogP contribution in [0.3, 0.4) is 0 Å². The summed E-state index contributed by atoms with van der Waals surface area (Å²) in [6, 6.07) is 4.00. The zero-order valence-electron chi connectivity index (χ0n) is 14.1. The van der Waals surface area contributed by atoms with Crippen LogP contribution in [-0.4, -0.2) is 59.5 Å². The van der Waals surface area contributed by atoms with E-state index in [1.54, 1.807) is 6.07 Å². The summed E-state index contributed by atoms with van der Waals surface area (Å²) in [7, 11) is -4.26. The van der Waals surface area contributed by atoms with Crippen LogP contribution >= 0.6 is 0 Å². The molecule has 0 radical (unpaired) electrons. The van der Waals surface area contributed by atoms with Crippen LogP contribution in [0.2, 0.25) is 0 Å². The minimum absolute atomic E-state index is 0.0119. The minimum atomic E-state index is -3.91. The zero-order chi connectivity index (χ0) is 18.0. The Balaban J connectivity index is 2.49. The summed E-state index contributed by atoms with van der Waals surface area (Å²) in [6.07, 6.45) is 0.899. The standard InChI is InChI=1S/C15H23NO6S2/c1-4-8-16(12-7-9-23(17,18)11-12)24(19,20)15-10-13(21-2)5-6-14(15)22-3/h5-6,10,12H,4,7-9,11H2,1-3H3/t12-/m0/s1. The summed E-state index contributed by atoms with van der Waals surface area (Å²) >= 11 is 0. The second-order valence-corrected chi connectivity index (χ2v) is 9.78. The Morgan fingerprint density at radius 2 is 1.96 bits per heavy atom. The molecule has 136 valence electrons. The maximum atomic E-state index is 13.2. The smallest absolute Gasteiger partial charge is 0.247 e. The first-order chi connectivity index (χ1) is 11.2. The van der Waals surface area contributed by atoms with Gasteiger partial charge >= 0.3 is 0 Å². The molecule has 24 heavy (non-hydrogen) atoms. The Bertz CT molecular complexity index is 788. The van der Waals surface area contributed by atoms with Crippen LogP contribution in [0, 0.1) is 0 Å². The van der Waals surface area contributed by atoms with Crippen LogP contribution in [0.1, 0.15) is 19.8 Å². The van der Waals surface area contributed by atoms with E-state index in [1.165, 1.54) is 30.7 Å². The molecule has 1 aliphatic rings. The zero-order valence-corrected chi connectivity index (χ0v) is 15.7. The third-order valence-electron chi connectivity index (χ3n) is 4.02. The van der Waals surface area contributed by atoms with Gasteiger partial charge in [0.15, 0.2) is 9.84 Å². The number of methoxy groups -OCH3 is 2. The van der Waals surface area contributed by atoms with Crippen molar-refractivity contribution in [3.05, 3.63) is 18.2 Å². The Hall–Kier alpha value is -1.32. The van der Waals surface area contributed by atoms with E-state index in [2.05, 4.69) is 0 Å². The van der Waals surface area contributed by atoms with Crippen molar-refractivity contribution in [1.29, 1.82) is 0 Å². The lowest BCUT2D eigenvalue weighted by Crippen LogP contribution is -2.41. The molecule has 9 heteroatoms. The molecule has 1 heterocycles. The largest absolute Gasteiger partial charge is 0.497 e. The van der Waals surface area contributed by atoms with Gasteiger partial charge in [0.25, 0.3) is 0 Å². The number of hydrogen-bond acceptors (Lipinski definition) is 6. The van der Waals surface area contributed by atoms with Crippen molar-refractivity contribution < 1.29 is 26.3 Å². The van der Waals surface area contributed by atoms with Crippen molar-refractivity contribution >= 4 is 19.9 Å². The van der Waals surface area contributed by atoms with E-state index in [9.17, 15) is 16.8 Å². The van der Waals surface area contributed by atoms with Crippen molar-refractivity contribution in [1.82, 2.24) is 4.31 Å². The van der Waals surface area contributed by atoms with Gasteiger partial charge in [-0.15, -0.1) is 0 Å². The van der Waals surface area contributed by atoms with Crippen LogP contribution in [0.25, 0.3) is 0 Å². The Morgan fingerprint density at radius 3 is 2.46 bits per heavy atom. The molecule has 0 N–H and O–H groups in total. The molecule has 1 atom stereocenters. The van der Waals surface area contributed by atoms with Gasteiger partial charge in [0.05, 0.1) is 25.7 Å². The lowest BCUT2D eigenvalue weighted by Gasteiger charge is -2.27. The molecule has 0 saturated carbocycles. The maximum Gasteiger partial charge on any atom is 0.247 e. The fraction of sp³-hybridized carbons (Fsp3) is 0.600. The van der Waals surface area contributed by atoms with E-state index in [-0.39, 0.29) is 28.7 Å². The van der Waals surface area contributed by atoms with E-state index < -0.39 is 25.9 Å². The summed E-state index contributed by atoms with van der Waals surface area (Å²) in [5.41, 5.74) is 0. The maximum absolute atomic E-state index is 13.2. The number of rotatable bonds is 7. The van der Waals surface area contributed by atoms with E-state index in [0.29, 0.717) is 18.6 Å². The normalized spacial score (nSPS) is 20.2. The van der Waals surface area contributed by atoms with E-state index >= 15 is 0 Å². The third kappa shape index (κ3) is 3.84. The van der Waals surface area contributed by atoms with E-state index in [4.69, 9.17) is 9.47 Å². The van der Waals surface area contributed by atoms with Crippen molar-refractivity contribution in [2.75, 3.05) is 32.3 Å². The molecule has 0 aromatic heterocycles. The second-order valence-electron chi connectivity index (χ2n) is 5.69. The first kappa shape index (κ1) is 19.0. The van der Waals surface area contributed by atoms with Gasteiger partial charge in [-0.25, -0.2) is 16.8 Å². The molecule has 7 nitrogen and oxygen atoms in total. The molecule has 1 aromatic carbocycles. The molecule has 1 aromatic rings. The molecular weight excluding hydrogens is 354 g/mol. The number of sulfonamides is 1. The van der Waals surface area contributed by atoms with Crippen LogP contribution in [0.4, 0.5) is 0 Å². The molecular formula is C15H23NO6S2. The highest BCUT2D eigenvalue weighted by Gasteiger charge is 2.39. The summed E-state index contributed by atoms with van der Waals surface area (Å²) in [5, 5.41) is 0. The molecule has 1 saturated heterocycles. The average Bonchev–Trinajstić information content (AvgIpc) is 2.91. The highest BCUT2D eigenvalue weighted by Crippen LogP contribution is 2.33. The monoisotopic (exact) mass is 377 g/mol. The molecule has 1 fully saturated rings. The highest BCUT2D eigenvalue weighted by molar-refractivity contribution is 7.92. The van der Waals surface area contributed by atoms with Crippen LogP contribution in [-0.2, 0) is 19.9 Å². The van der Waals surface area contributed by atoms with E-state index in [1.807, 2.05) is 6.92 Å². The first-order valence-electron chi connectivity index (χ1n) is 7.69. The van der Waals surface area contributed by atoms with Gasteiger partial charge in [-0.05, 0) is 25.0 Å². The molecule has 0 spiro atoms. The molecule has 0 bridgehead atoms. The van der Waals surface area contributed by atoms with Gasteiger partial charge in [-0.2, -0.15) is 4.31 Å². The van der Waals surface area contributed by atoms with Crippen molar-refractivity contribution in [2.24, 2.45) is 0 Å². The predicted molar refractivity (Wildman–Crippen MR) is 90.8 cm³/mol. The number of hydrogen-bond donors (Lipinski definition) is 0. The topological polar surface area (TPSA) is 90.0 Å². The fourth-order valence-electron chi connectivity index (χ4n) is 2.83. The number of nitrogens with zero attached hydrogens (tertiary/aromatic N) is 1. The lowest BCUT2D eigenvalue weighted by molar-refractivity contribution is 0.335. The summed E-state index contributed by atoms with van der Waals surface area (Å²) in [6.45, 7) is 2.11. The molecule has 1 aliphatic heterocycles. The van der Waals surface area contributed by atoms with Gasteiger partial charge in [-0.3, -0.25) is 0 Å². The summed E-state index contributed by atoms with van der Waals surface area (Å²) in [4.78, 5) is -0.0119. The number of benzene rings is 1. The number of ether oxygens (including phenoxy) is 2. The minimum Gasteiger partial charge on any atom is -0.497 e. The molecule has 0 unspecified atom stereocenters. The van der Waals surface area contributed by atoms with Gasteiger partial charge in [0.1, 0.15) is 16.4 Å². The van der Waals surface area contributed by atoms with Gasteiger partial charge in [0, 0.05) is 18.7 Å². The molecule has 2 rings (SSSR count). The molecule has 0 amide bonds. The Kier molecular flexibility index (Phi) is 5.77. The van der Waals surface area contributed by atoms with Crippen LogP contribution < -0.4 is 9.47 Å². The second kappa shape index (κ2) is 7.28. The van der Waals surface area contributed by atoms with Gasteiger partial charge in [-0.1, -0.05) is 6.92 Å². The summed E-state index contributed by atoms with van der Waals surface area (Å²) < 4.78 is 61.5. The van der Waals surface area contributed by atoms with Crippen LogP contribution in [0.15, 0.2) is 23.1 Å². The molecule has 0 aliphatic carbocycles. The third-order valence-corrected chi connectivity index (χ3v) is 7.74. The summed E-state index contributed by atoms with van der Waals surface area (Å²) in [5.74, 6) is 0.476. The van der Waals surface area contributed by atoms with Crippen molar-refractivity contribution in [3.63, 3.8) is 0 Å². The fourth-order valence-corrected chi connectivity index (χ4v) is 6.58. The van der Waals surface area contributed by atoms with E-state index in [0.717, 1.165) is 0 Å². The highest BCUT2D eigenvalue weighted by atomic mass is 32.2. The van der Waals surface area contributed by atoms with Crippen LogP contribution in [0.5, 0.6) is 11.5 Å². The Morgan fingerprint density at radius 1 is 1.25 bits per heavy atom. The number of sulfone groups is 1. The SMILES string of the molecule is CCCN([C@H]1CCS(=O)(=O)C1)S(=O)(=O)c1cc(OC)ccc1OC. The van der Waals surface area contributed by atoms with Gasteiger partial charge in [0.2, 0.25) is 10.0 Å². The first-order valence-corrected chi connectivity index (χ1v) is 11.0. The average molecular weight is 377 g/mol. The van der Waals surface area contributed by atoms with Crippen molar-refractivity contribution in [3.8, 4) is 11.5 Å². The quantitative estimate of drug-likeness (QED) is 0.711. The Labute approximate surface area is 143 Å². The van der Waals surface area contributed by atoms with Crippen molar-refractivity contribution in [2.45, 2.75) is 30.7 Å². The van der Waals surface area contributed by atoms with Gasteiger partial charge < -0.3 is 9.47 Å². The predicted octanol–water partition coefficient (Wildman–Crippen LogP) is 1.29. The lowest BCUT2D eigenvalue weighted by atomic mass is 10.2.